The molecule has 3 atom stereocenters. The largest absolute Gasteiger partial charge is 0.480 e. The lowest BCUT2D eigenvalue weighted by atomic mass is 9.86. The van der Waals surface area contributed by atoms with E-state index in [9.17, 15) is 4.79 Å². The number of hydrogen-bond acceptors (Lipinski definition) is 3. The summed E-state index contributed by atoms with van der Waals surface area (Å²) >= 11 is 1.93. The fourth-order valence-electron chi connectivity index (χ4n) is 2.32. The average molecular weight is 245 g/mol. The van der Waals surface area contributed by atoms with Gasteiger partial charge in [0.25, 0.3) is 0 Å². The summed E-state index contributed by atoms with van der Waals surface area (Å²) in [7, 11) is 0. The van der Waals surface area contributed by atoms with Crippen LogP contribution in [-0.2, 0) is 4.79 Å². The molecule has 0 aromatic carbocycles. The zero-order chi connectivity index (χ0) is 12.2. The SMILES string of the molecule is CCC(C)SCCC1CCCC1(N)C(=O)O. The number of carboxylic acid groups (broad SMARTS) is 1. The van der Waals surface area contributed by atoms with Crippen molar-refractivity contribution in [2.75, 3.05) is 5.75 Å². The first kappa shape index (κ1) is 13.8. The van der Waals surface area contributed by atoms with Gasteiger partial charge in [0.2, 0.25) is 0 Å². The summed E-state index contributed by atoms with van der Waals surface area (Å²) in [6, 6.07) is 0. The summed E-state index contributed by atoms with van der Waals surface area (Å²) in [5.74, 6) is 0.386. The molecule has 0 radical (unpaired) electrons. The Morgan fingerprint density at radius 1 is 1.69 bits per heavy atom. The van der Waals surface area contributed by atoms with Crippen molar-refractivity contribution in [1.29, 1.82) is 0 Å². The lowest BCUT2D eigenvalue weighted by Crippen LogP contribution is -2.51. The molecule has 0 heterocycles. The second-order valence-electron chi connectivity index (χ2n) is 4.81. The van der Waals surface area contributed by atoms with Crippen LogP contribution in [0, 0.1) is 5.92 Å². The van der Waals surface area contributed by atoms with Crippen LogP contribution in [0.15, 0.2) is 0 Å². The van der Waals surface area contributed by atoms with Crippen LogP contribution in [0.4, 0.5) is 0 Å². The second-order valence-corrected chi connectivity index (χ2v) is 6.36. The lowest BCUT2D eigenvalue weighted by molar-refractivity contribution is -0.144. The van der Waals surface area contributed by atoms with Crippen LogP contribution in [0.25, 0.3) is 0 Å². The number of nitrogens with two attached hydrogens (primary N) is 1. The van der Waals surface area contributed by atoms with E-state index in [1.54, 1.807) is 0 Å². The highest BCUT2D eigenvalue weighted by atomic mass is 32.2. The first-order valence-corrected chi connectivity index (χ1v) is 7.19. The third-order valence-corrected chi connectivity index (χ3v) is 5.09. The monoisotopic (exact) mass is 245 g/mol. The van der Waals surface area contributed by atoms with Crippen LogP contribution < -0.4 is 5.73 Å². The van der Waals surface area contributed by atoms with E-state index in [2.05, 4.69) is 13.8 Å². The number of thioether (sulfide) groups is 1. The Morgan fingerprint density at radius 2 is 2.38 bits per heavy atom. The Bertz CT molecular complexity index is 247. The molecule has 0 amide bonds. The first-order chi connectivity index (χ1) is 7.50. The fourth-order valence-corrected chi connectivity index (χ4v) is 3.37. The summed E-state index contributed by atoms with van der Waals surface area (Å²) in [5.41, 5.74) is 5.04. The van der Waals surface area contributed by atoms with Gasteiger partial charge in [-0.3, -0.25) is 4.79 Å². The van der Waals surface area contributed by atoms with Crippen molar-refractivity contribution in [2.24, 2.45) is 11.7 Å². The maximum atomic E-state index is 11.2. The van der Waals surface area contributed by atoms with E-state index in [0.717, 1.165) is 25.0 Å². The topological polar surface area (TPSA) is 63.3 Å². The molecule has 1 aliphatic carbocycles. The minimum atomic E-state index is -0.948. The van der Waals surface area contributed by atoms with Crippen LogP contribution >= 0.6 is 11.8 Å². The highest BCUT2D eigenvalue weighted by Crippen LogP contribution is 2.37. The summed E-state index contributed by atoms with van der Waals surface area (Å²) in [6.07, 6.45) is 4.69. The Morgan fingerprint density at radius 3 is 2.94 bits per heavy atom. The molecule has 1 saturated carbocycles. The van der Waals surface area contributed by atoms with Gasteiger partial charge in [0, 0.05) is 5.25 Å². The van der Waals surface area contributed by atoms with Crippen LogP contribution in [0.5, 0.6) is 0 Å². The van der Waals surface area contributed by atoms with Gasteiger partial charge in [-0.1, -0.05) is 20.3 Å². The second kappa shape index (κ2) is 5.92. The molecule has 16 heavy (non-hydrogen) atoms. The van der Waals surface area contributed by atoms with Gasteiger partial charge < -0.3 is 10.8 Å². The Balaban J connectivity index is 2.39. The molecule has 0 aromatic heterocycles. The van der Waals surface area contributed by atoms with Crippen molar-refractivity contribution in [3.63, 3.8) is 0 Å². The minimum absolute atomic E-state index is 0.168. The molecule has 0 saturated heterocycles. The number of carboxylic acids is 1. The number of carbonyl (C=O) groups is 1. The van der Waals surface area contributed by atoms with E-state index < -0.39 is 11.5 Å². The normalized spacial score (nSPS) is 31.6. The zero-order valence-electron chi connectivity index (χ0n) is 10.2. The van der Waals surface area contributed by atoms with Gasteiger partial charge in [0.1, 0.15) is 5.54 Å². The molecule has 1 rings (SSSR count). The van der Waals surface area contributed by atoms with Crippen LogP contribution in [0.1, 0.15) is 46.0 Å². The lowest BCUT2D eigenvalue weighted by Gasteiger charge is -2.26. The van der Waals surface area contributed by atoms with E-state index in [1.165, 1.54) is 6.42 Å². The predicted octanol–water partition coefficient (Wildman–Crippen LogP) is 2.49. The molecule has 94 valence electrons. The van der Waals surface area contributed by atoms with Gasteiger partial charge in [-0.05, 0) is 37.4 Å². The van der Waals surface area contributed by atoms with Crippen molar-refractivity contribution in [2.45, 2.75) is 56.7 Å². The Labute approximate surface area is 102 Å². The summed E-state index contributed by atoms with van der Waals surface area (Å²) in [5, 5.41) is 9.83. The van der Waals surface area contributed by atoms with Crippen molar-refractivity contribution in [1.82, 2.24) is 0 Å². The van der Waals surface area contributed by atoms with Gasteiger partial charge in [-0.25, -0.2) is 0 Å². The Hall–Kier alpha value is -0.220. The highest BCUT2D eigenvalue weighted by Gasteiger charge is 2.45. The molecular formula is C12H23NO2S. The van der Waals surface area contributed by atoms with Crippen molar-refractivity contribution in [3.05, 3.63) is 0 Å². The molecule has 0 bridgehead atoms. The van der Waals surface area contributed by atoms with E-state index in [0.29, 0.717) is 11.7 Å². The maximum absolute atomic E-state index is 11.2. The van der Waals surface area contributed by atoms with E-state index in [-0.39, 0.29) is 5.92 Å². The van der Waals surface area contributed by atoms with Crippen molar-refractivity contribution in [3.8, 4) is 0 Å². The third-order valence-electron chi connectivity index (χ3n) is 3.71. The standard InChI is InChI=1S/C12H23NO2S/c1-3-9(2)16-8-6-10-5-4-7-12(10,13)11(14)15/h9-10H,3-8,13H2,1-2H3,(H,14,15). The van der Waals surface area contributed by atoms with Crippen molar-refractivity contribution < 1.29 is 9.90 Å². The summed E-state index contributed by atoms with van der Waals surface area (Å²) < 4.78 is 0. The van der Waals surface area contributed by atoms with E-state index in [1.807, 2.05) is 11.8 Å². The number of aliphatic carboxylic acids is 1. The molecule has 0 aliphatic heterocycles. The van der Waals surface area contributed by atoms with Crippen LogP contribution in [0.3, 0.4) is 0 Å². The molecule has 1 fully saturated rings. The Kier molecular flexibility index (Phi) is 5.12. The van der Waals surface area contributed by atoms with E-state index in [4.69, 9.17) is 10.8 Å². The molecule has 0 aromatic rings. The first-order valence-electron chi connectivity index (χ1n) is 6.14. The smallest absolute Gasteiger partial charge is 0.323 e. The molecule has 1 aliphatic rings. The zero-order valence-corrected chi connectivity index (χ0v) is 11.1. The fraction of sp³-hybridized carbons (Fsp3) is 0.917. The van der Waals surface area contributed by atoms with E-state index >= 15 is 0 Å². The summed E-state index contributed by atoms with van der Waals surface area (Å²) in [4.78, 5) is 11.2. The number of hydrogen-bond donors (Lipinski definition) is 2. The molecule has 0 spiro atoms. The minimum Gasteiger partial charge on any atom is -0.480 e. The third kappa shape index (κ3) is 3.14. The maximum Gasteiger partial charge on any atom is 0.323 e. The van der Waals surface area contributed by atoms with Gasteiger partial charge in [0.05, 0.1) is 0 Å². The molecule has 3 unspecified atom stereocenters. The van der Waals surface area contributed by atoms with Gasteiger partial charge >= 0.3 is 5.97 Å². The molecule has 4 heteroatoms. The molecular weight excluding hydrogens is 222 g/mol. The quantitative estimate of drug-likeness (QED) is 0.754. The van der Waals surface area contributed by atoms with Gasteiger partial charge in [-0.15, -0.1) is 0 Å². The number of rotatable bonds is 6. The van der Waals surface area contributed by atoms with Crippen LogP contribution in [-0.4, -0.2) is 27.6 Å². The molecule has 3 nitrogen and oxygen atoms in total. The highest BCUT2D eigenvalue weighted by molar-refractivity contribution is 7.99. The van der Waals surface area contributed by atoms with Gasteiger partial charge in [0.15, 0.2) is 0 Å². The average Bonchev–Trinajstić information content (AvgIpc) is 2.61. The van der Waals surface area contributed by atoms with Crippen LogP contribution in [0.2, 0.25) is 0 Å². The predicted molar refractivity (Wildman–Crippen MR) is 68.7 cm³/mol. The molecule has 3 N–H and O–H groups in total. The van der Waals surface area contributed by atoms with Gasteiger partial charge in [-0.2, -0.15) is 11.8 Å². The van der Waals surface area contributed by atoms with Crippen molar-refractivity contribution >= 4 is 17.7 Å². The summed E-state index contributed by atoms with van der Waals surface area (Å²) in [6.45, 7) is 4.39.